The van der Waals surface area contributed by atoms with Gasteiger partial charge in [-0.3, -0.25) is 0 Å². The molecule has 2 nitrogen and oxygen atoms in total. The van der Waals surface area contributed by atoms with Crippen molar-refractivity contribution in [3.05, 3.63) is 65.0 Å². The zero-order chi connectivity index (χ0) is 13.8. The molecule has 2 aromatic rings. The molecule has 0 heterocycles. The minimum Gasteiger partial charge on any atom is -0.496 e. The zero-order valence-corrected chi connectivity index (χ0v) is 11.1. The Morgan fingerprint density at radius 1 is 1.16 bits per heavy atom. The molecule has 3 heteroatoms. The van der Waals surface area contributed by atoms with Crippen LogP contribution in [0.4, 0.5) is 4.39 Å². The molecule has 1 N–H and O–H groups in total. The minimum atomic E-state index is -0.879. The summed E-state index contributed by atoms with van der Waals surface area (Å²) in [7, 11) is 1.58. The van der Waals surface area contributed by atoms with Crippen molar-refractivity contribution in [3.63, 3.8) is 0 Å². The Hall–Kier alpha value is -1.87. The van der Waals surface area contributed by atoms with Gasteiger partial charge in [0.1, 0.15) is 11.6 Å². The topological polar surface area (TPSA) is 29.5 Å². The third kappa shape index (κ3) is 2.93. The fourth-order valence-corrected chi connectivity index (χ4v) is 2.12. The minimum absolute atomic E-state index is 0.324. The molecule has 0 spiro atoms. The molecule has 0 radical (unpaired) electrons. The molecule has 0 saturated heterocycles. The van der Waals surface area contributed by atoms with Gasteiger partial charge in [-0.15, -0.1) is 0 Å². The van der Waals surface area contributed by atoms with Crippen molar-refractivity contribution in [2.45, 2.75) is 19.4 Å². The van der Waals surface area contributed by atoms with Gasteiger partial charge in [0.25, 0.3) is 0 Å². The van der Waals surface area contributed by atoms with Crippen LogP contribution in [0, 0.1) is 12.7 Å². The number of rotatable bonds is 4. The normalized spacial score (nSPS) is 12.2. The van der Waals surface area contributed by atoms with Crippen molar-refractivity contribution in [2.75, 3.05) is 7.11 Å². The summed E-state index contributed by atoms with van der Waals surface area (Å²) >= 11 is 0. The maximum absolute atomic E-state index is 13.9. The summed E-state index contributed by atoms with van der Waals surface area (Å²) in [6.07, 6.45) is -0.555. The largest absolute Gasteiger partial charge is 0.496 e. The van der Waals surface area contributed by atoms with Crippen LogP contribution >= 0.6 is 0 Å². The standard InChI is InChI=1S/C16H17FO2/c1-11-6-5-8-13(16(11)17)14(18)10-12-7-3-4-9-15(12)19-2/h3-9,14,18H,10H2,1-2H3. The first-order valence-corrected chi connectivity index (χ1v) is 6.18. The van der Waals surface area contributed by atoms with Crippen molar-refractivity contribution < 1.29 is 14.2 Å². The Balaban J connectivity index is 2.26. The highest BCUT2D eigenvalue weighted by Crippen LogP contribution is 2.27. The summed E-state index contributed by atoms with van der Waals surface area (Å²) in [5.41, 5.74) is 1.72. The monoisotopic (exact) mass is 260 g/mol. The lowest BCUT2D eigenvalue weighted by molar-refractivity contribution is 0.172. The number of para-hydroxylation sites is 1. The van der Waals surface area contributed by atoms with Gasteiger partial charge in [0.05, 0.1) is 13.2 Å². The van der Waals surface area contributed by atoms with Gasteiger partial charge in [0.15, 0.2) is 0 Å². The van der Waals surface area contributed by atoms with Gasteiger partial charge in [-0.1, -0.05) is 36.4 Å². The van der Waals surface area contributed by atoms with Crippen molar-refractivity contribution in [1.29, 1.82) is 0 Å². The molecule has 1 unspecified atom stereocenters. The van der Waals surface area contributed by atoms with Crippen LogP contribution < -0.4 is 4.74 Å². The van der Waals surface area contributed by atoms with E-state index < -0.39 is 6.10 Å². The molecule has 100 valence electrons. The van der Waals surface area contributed by atoms with E-state index in [0.717, 1.165) is 5.56 Å². The molecule has 0 aliphatic heterocycles. The molecular formula is C16H17FO2. The number of aliphatic hydroxyl groups is 1. The molecule has 1 atom stereocenters. The number of halogens is 1. The number of hydrogen-bond acceptors (Lipinski definition) is 2. The lowest BCUT2D eigenvalue weighted by Gasteiger charge is -2.15. The van der Waals surface area contributed by atoms with Crippen molar-refractivity contribution >= 4 is 0 Å². The second kappa shape index (κ2) is 5.85. The Morgan fingerprint density at radius 3 is 2.63 bits per heavy atom. The number of benzene rings is 2. The van der Waals surface area contributed by atoms with E-state index >= 15 is 0 Å². The second-order valence-corrected chi connectivity index (χ2v) is 4.51. The highest BCUT2D eigenvalue weighted by Gasteiger charge is 2.16. The van der Waals surface area contributed by atoms with Gasteiger partial charge >= 0.3 is 0 Å². The van der Waals surface area contributed by atoms with Crippen LogP contribution in [0.1, 0.15) is 22.8 Å². The van der Waals surface area contributed by atoms with Crippen LogP contribution in [0.3, 0.4) is 0 Å². The predicted octanol–water partition coefficient (Wildman–Crippen LogP) is 3.42. The van der Waals surface area contributed by atoms with Gasteiger partial charge in [-0.05, 0) is 24.1 Å². The molecule has 0 fully saturated rings. The first kappa shape index (κ1) is 13.6. The molecular weight excluding hydrogens is 243 g/mol. The number of methoxy groups -OCH3 is 1. The molecule has 0 bridgehead atoms. The van der Waals surface area contributed by atoms with Gasteiger partial charge in [0, 0.05) is 12.0 Å². The quantitative estimate of drug-likeness (QED) is 0.912. The van der Waals surface area contributed by atoms with Crippen molar-refractivity contribution in [1.82, 2.24) is 0 Å². The number of hydrogen-bond donors (Lipinski definition) is 1. The van der Waals surface area contributed by atoms with Crippen LogP contribution in [0.5, 0.6) is 5.75 Å². The van der Waals surface area contributed by atoms with E-state index in [-0.39, 0.29) is 5.82 Å². The average molecular weight is 260 g/mol. The summed E-state index contributed by atoms with van der Waals surface area (Å²) < 4.78 is 19.2. The summed E-state index contributed by atoms with van der Waals surface area (Å²) in [5.74, 6) is 0.361. The summed E-state index contributed by atoms with van der Waals surface area (Å²) in [5, 5.41) is 10.2. The third-order valence-corrected chi connectivity index (χ3v) is 3.19. The van der Waals surface area contributed by atoms with Crippen LogP contribution in [0.15, 0.2) is 42.5 Å². The SMILES string of the molecule is COc1ccccc1CC(O)c1cccc(C)c1F. The number of ether oxygens (including phenoxy) is 1. The molecule has 2 aromatic carbocycles. The highest BCUT2D eigenvalue weighted by molar-refractivity contribution is 5.35. The van der Waals surface area contributed by atoms with Gasteiger partial charge in [-0.2, -0.15) is 0 Å². The predicted molar refractivity (Wildman–Crippen MR) is 72.8 cm³/mol. The first-order valence-electron chi connectivity index (χ1n) is 6.18. The molecule has 0 saturated carbocycles. The maximum Gasteiger partial charge on any atom is 0.131 e. The van der Waals surface area contributed by atoms with E-state index in [4.69, 9.17) is 4.74 Å². The lowest BCUT2D eigenvalue weighted by atomic mass is 9.99. The van der Waals surface area contributed by atoms with E-state index in [9.17, 15) is 9.50 Å². The van der Waals surface area contributed by atoms with Gasteiger partial charge < -0.3 is 9.84 Å². The number of aryl methyl sites for hydroxylation is 1. The Labute approximate surface area is 112 Å². The molecule has 19 heavy (non-hydrogen) atoms. The fraction of sp³-hybridized carbons (Fsp3) is 0.250. The Kier molecular flexibility index (Phi) is 4.17. The summed E-state index contributed by atoms with van der Waals surface area (Å²) in [4.78, 5) is 0. The molecule has 2 rings (SSSR count). The van der Waals surface area contributed by atoms with E-state index in [0.29, 0.717) is 23.3 Å². The first-order chi connectivity index (χ1) is 9.13. The van der Waals surface area contributed by atoms with E-state index in [2.05, 4.69) is 0 Å². The summed E-state index contributed by atoms with van der Waals surface area (Å²) in [6, 6.07) is 12.5. The van der Waals surface area contributed by atoms with Crippen LogP contribution in [-0.4, -0.2) is 12.2 Å². The van der Waals surface area contributed by atoms with Crippen molar-refractivity contribution in [2.24, 2.45) is 0 Å². The average Bonchev–Trinajstić information content (AvgIpc) is 2.42. The van der Waals surface area contributed by atoms with Crippen LogP contribution in [0.2, 0.25) is 0 Å². The maximum atomic E-state index is 13.9. The molecule has 0 aromatic heterocycles. The second-order valence-electron chi connectivity index (χ2n) is 4.51. The van der Waals surface area contributed by atoms with Crippen LogP contribution in [-0.2, 0) is 6.42 Å². The highest BCUT2D eigenvalue weighted by atomic mass is 19.1. The Morgan fingerprint density at radius 2 is 1.89 bits per heavy atom. The van der Waals surface area contributed by atoms with Crippen molar-refractivity contribution in [3.8, 4) is 5.75 Å². The Bertz CT molecular complexity index is 566. The van der Waals surface area contributed by atoms with Gasteiger partial charge in [0.2, 0.25) is 0 Å². The smallest absolute Gasteiger partial charge is 0.131 e. The molecule has 0 aliphatic rings. The molecule has 0 amide bonds. The third-order valence-electron chi connectivity index (χ3n) is 3.19. The number of aliphatic hydroxyl groups excluding tert-OH is 1. The lowest BCUT2D eigenvalue weighted by Crippen LogP contribution is -2.06. The van der Waals surface area contributed by atoms with Crippen LogP contribution in [0.25, 0.3) is 0 Å². The van der Waals surface area contributed by atoms with Gasteiger partial charge in [-0.25, -0.2) is 4.39 Å². The van der Waals surface area contributed by atoms with E-state index in [1.807, 2.05) is 24.3 Å². The van der Waals surface area contributed by atoms with E-state index in [1.165, 1.54) is 0 Å². The zero-order valence-electron chi connectivity index (χ0n) is 11.1. The van der Waals surface area contributed by atoms with E-state index in [1.54, 1.807) is 32.2 Å². The summed E-state index contributed by atoms with van der Waals surface area (Å²) in [6.45, 7) is 1.69. The fourth-order valence-electron chi connectivity index (χ4n) is 2.12. The molecule has 0 aliphatic carbocycles.